The number of hydrogen-bond acceptors (Lipinski definition) is 3. The van der Waals surface area contributed by atoms with Crippen molar-refractivity contribution in [2.75, 3.05) is 0 Å². The van der Waals surface area contributed by atoms with E-state index in [1.54, 1.807) is 6.07 Å². The van der Waals surface area contributed by atoms with Gasteiger partial charge in [-0.25, -0.2) is 0 Å². The summed E-state index contributed by atoms with van der Waals surface area (Å²) < 4.78 is 4.41. The van der Waals surface area contributed by atoms with Gasteiger partial charge in [0.05, 0.1) is 62.7 Å². The van der Waals surface area contributed by atoms with Crippen LogP contribution in [0, 0.1) is 34.0 Å². The summed E-state index contributed by atoms with van der Waals surface area (Å²) in [7, 11) is 0. The zero-order chi connectivity index (χ0) is 33.8. The molecule has 0 amide bonds. The number of nitriles is 3. The van der Waals surface area contributed by atoms with Crippen LogP contribution in [-0.2, 0) is 0 Å². The molecular formula is C45H25N5. The van der Waals surface area contributed by atoms with Crippen LogP contribution in [0.25, 0.3) is 77.2 Å². The Labute approximate surface area is 287 Å². The largest absolute Gasteiger partial charge is 0.309 e. The predicted octanol–water partition coefficient (Wildman–Crippen LogP) is 10.8. The zero-order valence-electron chi connectivity index (χ0n) is 26.7. The van der Waals surface area contributed by atoms with Gasteiger partial charge in [0.2, 0.25) is 0 Å². The minimum Gasteiger partial charge on any atom is -0.309 e. The second kappa shape index (κ2) is 11.4. The van der Waals surface area contributed by atoms with Gasteiger partial charge in [-0.2, -0.15) is 15.8 Å². The van der Waals surface area contributed by atoms with Crippen LogP contribution in [0.1, 0.15) is 16.7 Å². The molecule has 0 atom stereocenters. The van der Waals surface area contributed by atoms with Gasteiger partial charge < -0.3 is 9.13 Å². The predicted molar refractivity (Wildman–Crippen MR) is 200 cm³/mol. The Balaban J connectivity index is 1.20. The van der Waals surface area contributed by atoms with Gasteiger partial charge in [0, 0.05) is 32.8 Å². The van der Waals surface area contributed by atoms with E-state index >= 15 is 0 Å². The van der Waals surface area contributed by atoms with Crippen LogP contribution in [0.15, 0.2) is 152 Å². The standard InChI is InChI=1S/C45H25N5/c46-26-29-16-21-43-39(23-29)38-12-3-4-13-40(38)49(43)35-19-17-31(18-20-35)32-8-7-9-33(25-32)45-34(28-48)22-30(27-47)24-44(45)50-41-14-5-1-10-36(41)37-11-2-6-15-42(37)50/h1-25H. The van der Waals surface area contributed by atoms with Crippen molar-refractivity contribution in [3.05, 3.63) is 168 Å². The number of para-hydroxylation sites is 3. The van der Waals surface area contributed by atoms with Gasteiger partial charge in [-0.15, -0.1) is 0 Å². The molecule has 0 unspecified atom stereocenters. The monoisotopic (exact) mass is 635 g/mol. The fourth-order valence-corrected chi connectivity index (χ4v) is 7.42. The maximum absolute atomic E-state index is 10.4. The zero-order valence-corrected chi connectivity index (χ0v) is 26.7. The Hall–Kier alpha value is -7.39. The number of aromatic nitrogens is 2. The fourth-order valence-electron chi connectivity index (χ4n) is 7.42. The molecule has 0 bridgehead atoms. The second-order valence-electron chi connectivity index (χ2n) is 12.3. The third kappa shape index (κ3) is 4.38. The number of rotatable bonds is 4. The first-order valence-electron chi connectivity index (χ1n) is 16.3. The average molecular weight is 636 g/mol. The lowest BCUT2D eigenvalue weighted by Gasteiger charge is -2.17. The molecule has 0 radical (unpaired) electrons. The third-order valence-corrected chi connectivity index (χ3v) is 9.60. The summed E-state index contributed by atoms with van der Waals surface area (Å²) in [5.74, 6) is 0. The quantitative estimate of drug-likeness (QED) is 0.193. The van der Waals surface area contributed by atoms with Gasteiger partial charge in [0.1, 0.15) is 0 Å². The van der Waals surface area contributed by atoms with Crippen molar-refractivity contribution in [1.82, 2.24) is 9.13 Å². The van der Waals surface area contributed by atoms with E-state index in [0.29, 0.717) is 16.7 Å². The van der Waals surface area contributed by atoms with E-state index in [4.69, 9.17) is 0 Å². The first kappa shape index (κ1) is 28.8. The van der Waals surface area contributed by atoms with E-state index in [-0.39, 0.29) is 0 Å². The number of fused-ring (bicyclic) bond motifs is 6. The fraction of sp³-hybridized carbons (Fsp3) is 0. The van der Waals surface area contributed by atoms with E-state index in [1.807, 2.05) is 72.8 Å². The van der Waals surface area contributed by atoms with Crippen LogP contribution >= 0.6 is 0 Å². The Kier molecular flexibility index (Phi) is 6.56. The molecule has 50 heavy (non-hydrogen) atoms. The van der Waals surface area contributed by atoms with Gasteiger partial charge in [0.15, 0.2) is 0 Å². The molecule has 2 heterocycles. The van der Waals surface area contributed by atoms with Crippen molar-refractivity contribution in [2.24, 2.45) is 0 Å². The molecule has 0 aliphatic rings. The number of nitrogens with zero attached hydrogens (tertiary/aromatic N) is 5. The third-order valence-electron chi connectivity index (χ3n) is 9.60. The first-order chi connectivity index (χ1) is 24.7. The van der Waals surface area contributed by atoms with Crippen molar-refractivity contribution in [3.8, 4) is 51.8 Å². The Morgan fingerprint density at radius 1 is 0.380 bits per heavy atom. The number of hydrogen-bond donors (Lipinski definition) is 0. The minimum atomic E-state index is 0.433. The maximum Gasteiger partial charge on any atom is 0.0999 e. The Bertz CT molecular complexity index is 2900. The summed E-state index contributed by atoms with van der Waals surface area (Å²) in [6.45, 7) is 0. The van der Waals surface area contributed by atoms with Crippen LogP contribution in [-0.4, -0.2) is 9.13 Å². The summed E-state index contributed by atoms with van der Waals surface area (Å²) in [6, 6.07) is 57.9. The van der Waals surface area contributed by atoms with Gasteiger partial charge in [-0.05, 0) is 83.4 Å². The molecule has 2 aromatic heterocycles. The smallest absolute Gasteiger partial charge is 0.0999 e. The van der Waals surface area contributed by atoms with Crippen LogP contribution in [0.2, 0.25) is 0 Å². The molecule has 0 aliphatic heterocycles. The Morgan fingerprint density at radius 2 is 0.960 bits per heavy atom. The second-order valence-corrected chi connectivity index (χ2v) is 12.3. The van der Waals surface area contributed by atoms with Crippen LogP contribution in [0.4, 0.5) is 0 Å². The topological polar surface area (TPSA) is 81.2 Å². The minimum absolute atomic E-state index is 0.433. The molecule has 0 fully saturated rings. The van der Waals surface area contributed by atoms with Gasteiger partial charge in [-0.3, -0.25) is 0 Å². The van der Waals surface area contributed by atoms with Crippen molar-refractivity contribution < 1.29 is 0 Å². The highest BCUT2D eigenvalue weighted by molar-refractivity contribution is 6.11. The molecular weight excluding hydrogens is 611 g/mol. The SMILES string of the molecule is N#Cc1cc(C#N)c(-c2cccc(-c3ccc(-n4c5ccccc5c5cc(C#N)ccc54)cc3)c2)c(-n2c3ccccc3c3ccccc32)c1. The molecule has 7 aromatic carbocycles. The lowest BCUT2D eigenvalue weighted by atomic mass is 9.93. The van der Waals surface area contributed by atoms with Crippen LogP contribution in [0.3, 0.4) is 0 Å². The summed E-state index contributed by atoms with van der Waals surface area (Å²) >= 11 is 0. The van der Waals surface area contributed by atoms with Crippen LogP contribution in [0.5, 0.6) is 0 Å². The summed E-state index contributed by atoms with van der Waals surface area (Å²) in [5.41, 5.74) is 11.2. The first-order valence-corrected chi connectivity index (χ1v) is 16.3. The molecule has 0 N–H and O–H groups in total. The number of benzene rings is 7. The molecule has 9 rings (SSSR count). The van der Waals surface area contributed by atoms with Gasteiger partial charge in [0.25, 0.3) is 0 Å². The molecule has 0 saturated heterocycles. The normalized spacial score (nSPS) is 11.1. The summed E-state index contributed by atoms with van der Waals surface area (Å²) in [5, 5.41) is 34.4. The average Bonchev–Trinajstić information content (AvgIpc) is 3.70. The summed E-state index contributed by atoms with van der Waals surface area (Å²) in [6.07, 6.45) is 0. The lowest BCUT2D eigenvalue weighted by molar-refractivity contribution is 1.17. The molecule has 230 valence electrons. The molecule has 0 saturated carbocycles. The highest BCUT2D eigenvalue weighted by atomic mass is 15.0. The van der Waals surface area contributed by atoms with Crippen LogP contribution < -0.4 is 0 Å². The highest BCUT2D eigenvalue weighted by Crippen LogP contribution is 2.40. The molecule has 9 aromatic rings. The lowest BCUT2D eigenvalue weighted by Crippen LogP contribution is -2.01. The molecule has 0 aliphatic carbocycles. The van der Waals surface area contributed by atoms with E-state index in [0.717, 1.165) is 77.2 Å². The van der Waals surface area contributed by atoms with Crippen molar-refractivity contribution >= 4 is 43.6 Å². The highest BCUT2D eigenvalue weighted by Gasteiger charge is 2.20. The van der Waals surface area contributed by atoms with Crippen molar-refractivity contribution in [2.45, 2.75) is 0 Å². The maximum atomic E-state index is 10.4. The van der Waals surface area contributed by atoms with Gasteiger partial charge >= 0.3 is 0 Å². The molecule has 0 spiro atoms. The Morgan fingerprint density at radius 3 is 1.60 bits per heavy atom. The van der Waals surface area contributed by atoms with Gasteiger partial charge in [-0.1, -0.05) is 84.9 Å². The van der Waals surface area contributed by atoms with E-state index < -0.39 is 0 Å². The van der Waals surface area contributed by atoms with E-state index in [9.17, 15) is 15.8 Å². The van der Waals surface area contributed by atoms with Crippen molar-refractivity contribution in [1.29, 1.82) is 15.8 Å². The van der Waals surface area contributed by atoms with E-state index in [2.05, 4.69) is 100 Å². The van der Waals surface area contributed by atoms with Crippen molar-refractivity contribution in [3.63, 3.8) is 0 Å². The molecule has 5 heteroatoms. The van der Waals surface area contributed by atoms with E-state index in [1.165, 1.54) is 0 Å². The summed E-state index contributed by atoms with van der Waals surface area (Å²) in [4.78, 5) is 0. The molecule has 5 nitrogen and oxygen atoms in total.